The van der Waals surface area contributed by atoms with Crippen LogP contribution in [0.2, 0.25) is 0 Å². The molecule has 0 atom stereocenters. The van der Waals surface area contributed by atoms with Crippen LogP contribution >= 0.6 is 0 Å². The van der Waals surface area contributed by atoms with E-state index in [1.165, 1.54) is 25.0 Å². The second-order valence-corrected chi connectivity index (χ2v) is 6.27. The Balaban J connectivity index is 1.75. The predicted octanol–water partition coefficient (Wildman–Crippen LogP) is 4.71. The Morgan fingerprint density at radius 2 is 2.00 bits per heavy atom. The van der Waals surface area contributed by atoms with Crippen LogP contribution in [-0.4, -0.2) is 22.1 Å². The van der Waals surface area contributed by atoms with Crippen molar-refractivity contribution in [3.05, 3.63) is 72.1 Å². The highest BCUT2D eigenvalue weighted by Gasteiger charge is 2.30. The molecule has 0 unspecified atom stereocenters. The summed E-state index contributed by atoms with van der Waals surface area (Å²) in [5, 5.41) is 0. The van der Waals surface area contributed by atoms with E-state index in [0.717, 1.165) is 24.8 Å². The Morgan fingerprint density at radius 3 is 2.67 bits per heavy atom. The Labute approximate surface area is 140 Å². The standard InChI is InChI=1S/C19H21F3N2/c1-2-10-23(17-8-9-17)14-18-7-4-11-24(18)13-15-5-3-6-16(12-15)19(20,21)22/h2-7,11-12,17H,1,8-10,13-14H2. The van der Waals surface area contributed by atoms with E-state index in [1.54, 1.807) is 6.07 Å². The van der Waals surface area contributed by atoms with E-state index in [0.29, 0.717) is 18.2 Å². The molecule has 1 aliphatic rings. The second kappa shape index (κ2) is 6.85. The quantitative estimate of drug-likeness (QED) is 0.666. The van der Waals surface area contributed by atoms with Crippen LogP contribution in [0.5, 0.6) is 0 Å². The summed E-state index contributed by atoms with van der Waals surface area (Å²) >= 11 is 0. The van der Waals surface area contributed by atoms with Crippen LogP contribution in [0.15, 0.2) is 55.3 Å². The average Bonchev–Trinajstić information content (AvgIpc) is 3.29. The Bertz CT molecular complexity index is 699. The number of rotatable bonds is 7. The van der Waals surface area contributed by atoms with Crippen molar-refractivity contribution in [2.24, 2.45) is 0 Å². The molecule has 0 N–H and O–H groups in total. The highest BCUT2D eigenvalue weighted by atomic mass is 19.4. The first-order valence-corrected chi connectivity index (χ1v) is 8.12. The number of nitrogens with zero attached hydrogens (tertiary/aromatic N) is 2. The first-order valence-electron chi connectivity index (χ1n) is 8.12. The number of halogens is 3. The molecule has 3 rings (SSSR count). The fraction of sp³-hybridized carbons (Fsp3) is 0.368. The maximum atomic E-state index is 12.9. The Morgan fingerprint density at radius 1 is 1.21 bits per heavy atom. The number of alkyl halides is 3. The van der Waals surface area contributed by atoms with Crippen LogP contribution in [0, 0.1) is 0 Å². The van der Waals surface area contributed by atoms with Gasteiger partial charge in [0.15, 0.2) is 0 Å². The lowest BCUT2D eigenvalue weighted by atomic mass is 10.1. The number of benzene rings is 1. The Hall–Kier alpha value is -2.01. The number of hydrogen-bond acceptors (Lipinski definition) is 1. The fourth-order valence-electron chi connectivity index (χ4n) is 2.95. The molecule has 0 amide bonds. The molecule has 2 nitrogen and oxygen atoms in total. The van der Waals surface area contributed by atoms with Gasteiger partial charge in [-0.3, -0.25) is 4.90 Å². The van der Waals surface area contributed by atoms with Crippen LogP contribution in [-0.2, 0) is 19.3 Å². The van der Waals surface area contributed by atoms with Crippen molar-refractivity contribution in [3.63, 3.8) is 0 Å². The molecule has 2 aromatic rings. The summed E-state index contributed by atoms with van der Waals surface area (Å²) in [7, 11) is 0. The van der Waals surface area contributed by atoms with Gasteiger partial charge in [-0.05, 0) is 42.7 Å². The van der Waals surface area contributed by atoms with Gasteiger partial charge in [0, 0.05) is 37.6 Å². The molecule has 128 valence electrons. The van der Waals surface area contributed by atoms with Crippen molar-refractivity contribution in [1.82, 2.24) is 9.47 Å². The smallest absolute Gasteiger partial charge is 0.346 e. The maximum absolute atomic E-state index is 12.9. The van der Waals surface area contributed by atoms with Crippen molar-refractivity contribution in [2.45, 2.75) is 38.1 Å². The zero-order valence-electron chi connectivity index (χ0n) is 13.5. The van der Waals surface area contributed by atoms with Crippen LogP contribution < -0.4 is 0 Å². The van der Waals surface area contributed by atoms with Gasteiger partial charge in [-0.25, -0.2) is 0 Å². The van der Waals surface area contributed by atoms with E-state index in [-0.39, 0.29) is 0 Å². The van der Waals surface area contributed by atoms with Crippen molar-refractivity contribution >= 4 is 0 Å². The molecule has 24 heavy (non-hydrogen) atoms. The first-order chi connectivity index (χ1) is 11.5. The summed E-state index contributed by atoms with van der Waals surface area (Å²) in [6.45, 7) is 5.88. The van der Waals surface area contributed by atoms with Crippen molar-refractivity contribution in [3.8, 4) is 0 Å². The molecule has 1 aliphatic carbocycles. The average molecular weight is 334 g/mol. The monoisotopic (exact) mass is 334 g/mol. The lowest BCUT2D eigenvalue weighted by molar-refractivity contribution is -0.137. The van der Waals surface area contributed by atoms with Gasteiger partial charge in [0.25, 0.3) is 0 Å². The molecular weight excluding hydrogens is 313 g/mol. The zero-order valence-corrected chi connectivity index (χ0v) is 13.5. The molecular formula is C19H21F3N2. The minimum absolute atomic E-state index is 0.443. The molecule has 0 aliphatic heterocycles. The largest absolute Gasteiger partial charge is 0.416 e. The van der Waals surface area contributed by atoms with E-state index >= 15 is 0 Å². The van der Waals surface area contributed by atoms with E-state index in [1.807, 2.05) is 29.0 Å². The van der Waals surface area contributed by atoms with Crippen molar-refractivity contribution in [1.29, 1.82) is 0 Å². The third-order valence-corrected chi connectivity index (χ3v) is 4.32. The molecule has 0 spiro atoms. The number of hydrogen-bond donors (Lipinski definition) is 0. The van der Waals surface area contributed by atoms with Crippen LogP contribution in [0.25, 0.3) is 0 Å². The summed E-state index contributed by atoms with van der Waals surface area (Å²) in [5.41, 5.74) is 1.17. The zero-order chi connectivity index (χ0) is 17.2. The van der Waals surface area contributed by atoms with Crippen LogP contribution in [0.3, 0.4) is 0 Å². The van der Waals surface area contributed by atoms with E-state index in [2.05, 4.69) is 11.5 Å². The van der Waals surface area contributed by atoms with Gasteiger partial charge >= 0.3 is 6.18 Å². The molecule has 1 fully saturated rings. The number of aromatic nitrogens is 1. The molecule has 1 aromatic heterocycles. The minimum Gasteiger partial charge on any atom is -0.346 e. The Kier molecular flexibility index (Phi) is 4.81. The first kappa shape index (κ1) is 16.8. The third kappa shape index (κ3) is 4.09. The lowest BCUT2D eigenvalue weighted by Gasteiger charge is -2.21. The molecule has 1 saturated carbocycles. The molecule has 0 bridgehead atoms. The fourth-order valence-corrected chi connectivity index (χ4v) is 2.95. The molecule has 1 heterocycles. The van der Waals surface area contributed by atoms with Gasteiger partial charge in [-0.2, -0.15) is 13.2 Å². The van der Waals surface area contributed by atoms with Crippen molar-refractivity contribution in [2.75, 3.05) is 6.54 Å². The SMILES string of the molecule is C=CCN(Cc1cccn1Cc1cccc(C(F)(F)F)c1)C1CC1. The van der Waals surface area contributed by atoms with Gasteiger partial charge in [-0.15, -0.1) is 6.58 Å². The van der Waals surface area contributed by atoms with Gasteiger partial charge in [-0.1, -0.05) is 18.2 Å². The highest BCUT2D eigenvalue weighted by molar-refractivity contribution is 5.26. The van der Waals surface area contributed by atoms with Crippen molar-refractivity contribution < 1.29 is 13.2 Å². The van der Waals surface area contributed by atoms with E-state index < -0.39 is 11.7 Å². The normalized spacial score (nSPS) is 15.0. The van der Waals surface area contributed by atoms with Crippen LogP contribution in [0.1, 0.15) is 29.7 Å². The summed E-state index contributed by atoms with van der Waals surface area (Å²) in [4.78, 5) is 2.37. The minimum atomic E-state index is -4.30. The van der Waals surface area contributed by atoms with Gasteiger partial charge in [0.05, 0.1) is 5.56 Å². The summed E-state index contributed by atoms with van der Waals surface area (Å²) in [6, 6.07) is 10.1. The summed E-state index contributed by atoms with van der Waals surface area (Å²) in [5.74, 6) is 0. The molecule has 5 heteroatoms. The predicted molar refractivity (Wildman–Crippen MR) is 88.6 cm³/mol. The van der Waals surface area contributed by atoms with Gasteiger partial charge in [0.1, 0.15) is 0 Å². The second-order valence-electron chi connectivity index (χ2n) is 6.27. The van der Waals surface area contributed by atoms with Gasteiger partial charge in [0.2, 0.25) is 0 Å². The van der Waals surface area contributed by atoms with E-state index in [4.69, 9.17) is 0 Å². The molecule has 0 saturated heterocycles. The molecule has 0 radical (unpaired) electrons. The van der Waals surface area contributed by atoms with Crippen LogP contribution in [0.4, 0.5) is 13.2 Å². The highest BCUT2D eigenvalue weighted by Crippen LogP contribution is 2.30. The lowest BCUT2D eigenvalue weighted by Crippen LogP contribution is -2.26. The summed E-state index contributed by atoms with van der Waals surface area (Å²) in [6.07, 6.45) is 1.94. The van der Waals surface area contributed by atoms with E-state index in [9.17, 15) is 13.2 Å². The summed E-state index contributed by atoms with van der Waals surface area (Å²) < 4.78 is 40.6. The topological polar surface area (TPSA) is 8.17 Å². The molecule has 1 aromatic carbocycles. The van der Waals surface area contributed by atoms with Gasteiger partial charge < -0.3 is 4.57 Å². The maximum Gasteiger partial charge on any atom is 0.416 e. The third-order valence-electron chi connectivity index (χ3n) is 4.32.